The lowest BCUT2D eigenvalue weighted by molar-refractivity contribution is 0.0718. The number of hydrogen-bond acceptors (Lipinski definition) is 6. The molecule has 1 N–H and O–H groups in total. The summed E-state index contributed by atoms with van der Waals surface area (Å²) in [5, 5.41) is 9.72. The summed E-state index contributed by atoms with van der Waals surface area (Å²) in [7, 11) is 0. The second-order valence-electron chi connectivity index (χ2n) is 12.0. The van der Waals surface area contributed by atoms with E-state index >= 15 is 0 Å². The Balaban J connectivity index is 1.28. The van der Waals surface area contributed by atoms with Crippen LogP contribution in [0.25, 0.3) is 0 Å². The van der Waals surface area contributed by atoms with Crippen molar-refractivity contribution in [1.82, 2.24) is 19.6 Å². The standard InChI is InChI=1S/C40H54N4O2/c1-2-41(33-37-15-7-3-8-16-37)23-24-43(35-39-19-11-5-12-20-39)28-31-46-32-29-44(36-40-21-13-6-14-22-40)26-25-42(27-30-45)34-38-17-9-4-10-18-38/h3-22,45H,2,23-36H2,1H3. The molecule has 0 saturated carbocycles. The maximum atomic E-state index is 9.72. The first-order valence-corrected chi connectivity index (χ1v) is 17.0. The zero-order chi connectivity index (χ0) is 32.1. The summed E-state index contributed by atoms with van der Waals surface area (Å²) in [6.45, 7) is 14.8. The van der Waals surface area contributed by atoms with E-state index in [0.717, 1.165) is 72.0 Å². The third-order valence-electron chi connectivity index (χ3n) is 8.43. The maximum absolute atomic E-state index is 9.72. The van der Waals surface area contributed by atoms with Crippen molar-refractivity contribution in [2.45, 2.75) is 33.1 Å². The zero-order valence-electron chi connectivity index (χ0n) is 27.8. The normalized spacial score (nSPS) is 11.7. The average molecular weight is 623 g/mol. The minimum Gasteiger partial charge on any atom is -0.395 e. The van der Waals surface area contributed by atoms with Crippen molar-refractivity contribution in [3.05, 3.63) is 144 Å². The maximum Gasteiger partial charge on any atom is 0.0594 e. The predicted molar refractivity (Wildman–Crippen MR) is 190 cm³/mol. The molecule has 4 aromatic carbocycles. The number of hydrogen-bond donors (Lipinski definition) is 1. The average Bonchev–Trinajstić information content (AvgIpc) is 3.10. The first-order valence-electron chi connectivity index (χ1n) is 17.0. The van der Waals surface area contributed by atoms with Gasteiger partial charge in [-0.1, -0.05) is 128 Å². The largest absolute Gasteiger partial charge is 0.395 e. The molecule has 246 valence electrons. The molecule has 4 aromatic rings. The predicted octanol–water partition coefficient (Wildman–Crippen LogP) is 6.02. The Kier molecular flexibility index (Phi) is 16.5. The van der Waals surface area contributed by atoms with Gasteiger partial charge in [0.1, 0.15) is 0 Å². The van der Waals surface area contributed by atoms with E-state index in [1.807, 2.05) is 6.07 Å². The van der Waals surface area contributed by atoms with Crippen LogP contribution in [-0.2, 0) is 30.9 Å². The number of aliphatic hydroxyl groups is 1. The van der Waals surface area contributed by atoms with Crippen molar-refractivity contribution in [2.75, 3.05) is 72.2 Å². The lowest BCUT2D eigenvalue weighted by atomic mass is 10.2. The highest BCUT2D eigenvalue weighted by Crippen LogP contribution is 2.10. The smallest absolute Gasteiger partial charge is 0.0594 e. The van der Waals surface area contributed by atoms with E-state index < -0.39 is 0 Å². The highest BCUT2D eigenvalue weighted by atomic mass is 16.5. The number of ether oxygens (including phenoxy) is 1. The van der Waals surface area contributed by atoms with E-state index in [-0.39, 0.29) is 6.61 Å². The molecule has 0 unspecified atom stereocenters. The van der Waals surface area contributed by atoms with Gasteiger partial charge in [-0.05, 0) is 28.8 Å². The van der Waals surface area contributed by atoms with Crippen LogP contribution in [0, 0.1) is 0 Å². The first kappa shape index (κ1) is 35.5. The second-order valence-corrected chi connectivity index (χ2v) is 12.0. The van der Waals surface area contributed by atoms with Crippen molar-refractivity contribution < 1.29 is 9.84 Å². The molecular formula is C40H54N4O2. The van der Waals surface area contributed by atoms with Crippen molar-refractivity contribution >= 4 is 0 Å². The van der Waals surface area contributed by atoms with Crippen molar-refractivity contribution in [3.63, 3.8) is 0 Å². The first-order chi connectivity index (χ1) is 22.7. The fourth-order valence-corrected chi connectivity index (χ4v) is 5.72. The summed E-state index contributed by atoms with van der Waals surface area (Å²) in [5.74, 6) is 0. The Morgan fingerprint density at radius 1 is 0.413 bits per heavy atom. The molecule has 4 rings (SSSR count). The van der Waals surface area contributed by atoms with E-state index in [1.54, 1.807) is 0 Å². The van der Waals surface area contributed by atoms with Gasteiger partial charge in [-0.15, -0.1) is 0 Å². The van der Waals surface area contributed by atoms with Gasteiger partial charge in [0, 0.05) is 72.0 Å². The number of rotatable bonds is 23. The molecule has 0 aliphatic rings. The van der Waals surface area contributed by atoms with Crippen LogP contribution in [-0.4, -0.2) is 96.9 Å². The molecule has 0 radical (unpaired) electrons. The highest BCUT2D eigenvalue weighted by Gasteiger charge is 2.13. The van der Waals surface area contributed by atoms with E-state index in [0.29, 0.717) is 19.8 Å². The summed E-state index contributed by atoms with van der Waals surface area (Å²) >= 11 is 0. The molecule has 0 spiro atoms. The third kappa shape index (κ3) is 14.0. The Morgan fingerprint density at radius 3 is 1.04 bits per heavy atom. The van der Waals surface area contributed by atoms with Crippen LogP contribution in [0.5, 0.6) is 0 Å². The summed E-state index contributed by atoms with van der Waals surface area (Å²) in [6, 6.07) is 42.7. The van der Waals surface area contributed by atoms with Gasteiger partial charge in [-0.2, -0.15) is 0 Å². The number of likely N-dealkylation sites (N-methyl/N-ethyl adjacent to an activating group) is 1. The summed E-state index contributed by atoms with van der Waals surface area (Å²) in [6.07, 6.45) is 0. The fourth-order valence-electron chi connectivity index (χ4n) is 5.72. The molecule has 6 heteroatoms. The van der Waals surface area contributed by atoms with Crippen molar-refractivity contribution in [1.29, 1.82) is 0 Å². The van der Waals surface area contributed by atoms with E-state index in [2.05, 4.69) is 142 Å². The lowest BCUT2D eigenvalue weighted by Crippen LogP contribution is -2.38. The van der Waals surface area contributed by atoms with Gasteiger partial charge in [-0.3, -0.25) is 19.6 Å². The van der Waals surface area contributed by atoms with E-state index in [4.69, 9.17) is 4.74 Å². The highest BCUT2D eigenvalue weighted by molar-refractivity contribution is 5.17. The minimum absolute atomic E-state index is 0.163. The SMILES string of the molecule is CCN(CCN(CCOCCN(CCN(CCO)Cc1ccccc1)Cc1ccccc1)Cc1ccccc1)Cc1ccccc1. The van der Waals surface area contributed by atoms with Gasteiger partial charge in [0.25, 0.3) is 0 Å². The van der Waals surface area contributed by atoms with Gasteiger partial charge in [-0.25, -0.2) is 0 Å². The molecule has 6 nitrogen and oxygen atoms in total. The lowest BCUT2D eigenvalue weighted by Gasteiger charge is -2.28. The molecular weight excluding hydrogens is 568 g/mol. The van der Waals surface area contributed by atoms with Crippen molar-refractivity contribution in [3.8, 4) is 0 Å². The number of benzene rings is 4. The Hall–Kier alpha value is -3.36. The molecule has 0 bridgehead atoms. The molecule has 0 fully saturated rings. The van der Waals surface area contributed by atoms with E-state index in [9.17, 15) is 5.11 Å². The summed E-state index contributed by atoms with van der Waals surface area (Å²) < 4.78 is 6.30. The minimum atomic E-state index is 0.163. The van der Waals surface area contributed by atoms with E-state index in [1.165, 1.54) is 22.3 Å². The van der Waals surface area contributed by atoms with Gasteiger partial charge in [0.2, 0.25) is 0 Å². The van der Waals surface area contributed by atoms with Crippen LogP contribution in [0.4, 0.5) is 0 Å². The van der Waals surface area contributed by atoms with Crippen LogP contribution >= 0.6 is 0 Å². The van der Waals surface area contributed by atoms with Gasteiger partial charge in [0.15, 0.2) is 0 Å². The molecule has 46 heavy (non-hydrogen) atoms. The monoisotopic (exact) mass is 622 g/mol. The summed E-state index contributed by atoms with van der Waals surface area (Å²) in [5.41, 5.74) is 5.29. The summed E-state index contributed by atoms with van der Waals surface area (Å²) in [4.78, 5) is 9.87. The van der Waals surface area contributed by atoms with Crippen LogP contribution in [0.1, 0.15) is 29.2 Å². The Bertz CT molecular complexity index is 1290. The zero-order valence-corrected chi connectivity index (χ0v) is 27.8. The Labute approximate surface area is 277 Å². The molecule has 0 aliphatic carbocycles. The van der Waals surface area contributed by atoms with Gasteiger partial charge >= 0.3 is 0 Å². The van der Waals surface area contributed by atoms with Crippen LogP contribution < -0.4 is 0 Å². The quantitative estimate of drug-likeness (QED) is 0.102. The number of nitrogens with zero attached hydrogens (tertiary/aromatic N) is 4. The Morgan fingerprint density at radius 2 is 0.717 bits per heavy atom. The van der Waals surface area contributed by atoms with Crippen LogP contribution in [0.2, 0.25) is 0 Å². The van der Waals surface area contributed by atoms with Crippen LogP contribution in [0.15, 0.2) is 121 Å². The fraction of sp³-hybridized carbons (Fsp3) is 0.400. The van der Waals surface area contributed by atoms with Crippen molar-refractivity contribution in [2.24, 2.45) is 0 Å². The van der Waals surface area contributed by atoms with Gasteiger partial charge in [0.05, 0.1) is 19.8 Å². The second kappa shape index (κ2) is 21.4. The molecule has 0 amide bonds. The topological polar surface area (TPSA) is 42.4 Å². The molecule has 0 atom stereocenters. The molecule has 0 aliphatic heterocycles. The number of aliphatic hydroxyl groups excluding tert-OH is 1. The molecule has 0 aromatic heterocycles. The van der Waals surface area contributed by atoms with Gasteiger partial charge < -0.3 is 9.84 Å². The van der Waals surface area contributed by atoms with Crippen LogP contribution in [0.3, 0.4) is 0 Å². The molecule has 0 saturated heterocycles. The molecule has 0 heterocycles. The third-order valence-corrected chi connectivity index (χ3v) is 8.43.